The maximum atomic E-state index is 13.1. The van der Waals surface area contributed by atoms with Crippen molar-refractivity contribution < 1.29 is 9.13 Å². The number of hydrogen-bond acceptors (Lipinski definition) is 2. The standard InChI is InChI=1S/C14H18FNO/c1-3-4-11(2)9-17-10-12-5-6-14(15)13(7-12)8-16/h5-7,11H,3-4,9-10H2,1-2H3. The van der Waals surface area contributed by atoms with Gasteiger partial charge in [-0.2, -0.15) is 5.26 Å². The normalized spacial score (nSPS) is 12.1. The number of ether oxygens (including phenoxy) is 1. The Labute approximate surface area is 102 Å². The van der Waals surface area contributed by atoms with Gasteiger partial charge in [0, 0.05) is 6.61 Å². The van der Waals surface area contributed by atoms with Crippen molar-refractivity contribution in [1.29, 1.82) is 5.26 Å². The average molecular weight is 235 g/mol. The second-order valence-electron chi connectivity index (χ2n) is 4.33. The fourth-order valence-electron chi connectivity index (χ4n) is 1.70. The van der Waals surface area contributed by atoms with Crippen LogP contribution in [0.3, 0.4) is 0 Å². The Morgan fingerprint density at radius 2 is 2.24 bits per heavy atom. The molecule has 2 nitrogen and oxygen atoms in total. The Morgan fingerprint density at radius 3 is 2.88 bits per heavy atom. The summed E-state index contributed by atoms with van der Waals surface area (Å²) < 4.78 is 18.6. The highest BCUT2D eigenvalue weighted by atomic mass is 19.1. The summed E-state index contributed by atoms with van der Waals surface area (Å²) >= 11 is 0. The molecule has 1 unspecified atom stereocenters. The molecule has 0 aliphatic carbocycles. The molecule has 0 heterocycles. The summed E-state index contributed by atoms with van der Waals surface area (Å²) in [6.45, 7) is 5.43. The van der Waals surface area contributed by atoms with Gasteiger partial charge in [0.1, 0.15) is 11.9 Å². The molecule has 17 heavy (non-hydrogen) atoms. The third kappa shape index (κ3) is 4.54. The number of benzene rings is 1. The molecule has 0 amide bonds. The molecule has 0 saturated heterocycles. The van der Waals surface area contributed by atoms with Crippen LogP contribution in [0.4, 0.5) is 4.39 Å². The summed E-state index contributed by atoms with van der Waals surface area (Å²) in [7, 11) is 0. The lowest BCUT2D eigenvalue weighted by Gasteiger charge is -2.10. The smallest absolute Gasteiger partial charge is 0.140 e. The van der Waals surface area contributed by atoms with Crippen molar-refractivity contribution in [3.63, 3.8) is 0 Å². The van der Waals surface area contributed by atoms with Gasteiger partial charge in [0.05, 0.1) is 12.2 Å². The molecule has 0 saturated carbocycles. The van der Waals surface area contributed by atoms with Gasteiger partial charge in [-0.1, -0.05) is 26.3 Å². The van der Waals surface area contributed by atoms with Crippen LogP contribution in [0.15, 0.2) is 18.2 Å². The lowest BCUT2D eigenvalue weighted by molar-refractivity contribution is 0.0893. The van der Waals surface area contributed by atoms with E-state index in [4.69, 9.17) is 10.00 Å². The highest BCUT2D eigenvalue weighted by molar-refractivity contribution is 5.34. The Kier molecular flexibility index (Phi) is 5.65. The third-order valence-corrected chi connectivity index (χ3v) is 2.60. The topological polar surface area (TPSA) is 33.0 Å². The van der Waals surface area contributed by atoms with Crippen molar-refractivity contribution in [1.82, 2.24) is 0 Å². The van der Waals surface area contributed by atoms with Crippen molar-refractivity contribution in [3.05, 3.63) is 35.1 Å². The van der Waals surface area contributed by atoms with Crippen molar-refractivity contribution >= 4 is 0 Å². The van der Waals surface area contributed by atoms with E-state index in [1.807, 2.05) is 6.07 Å². The van der Waals surface area contributed by atoms with E-state index in [1.165, 1.54) is 6.07 Å². The number of halogens is 1. The summed E-state index contributed by atoms with van der Waals surface area (Å²) in [5.41, 5.74) is 0.916. The summed E-state index contributed by atoms with van der Waals surface area (Å²) in [5, 5.41) is 8.70. The third-order valence-electron chi connectivity index (χ3n) is 2.60. The number of nitriles is 1. The van der Waals surface area contributed by atoms with E-state index in [-0.39, 0.29) is 5.56 Å². The zero-order chi connectivity index (χ0) is 12.7. The molecule has 92 valence electrons. The van der Waals surface area contributed by atoms with Crippen LogP contribution in [0.25, 0.3) is 0 Å². The van der Waals surface area contributed by atoms with E-state index >= 15 is 0 Å². The van der Waals surface area contributed by atoms with E-state index in [2.05, 4.69) is 13.8 Å². The first kappa shape index (κ1) is 13.7. The predicted molar refractivity (Wildman–Crippen MR) is 64.8 cm³/mol. The minimum Gasteiger partial charge on any atom is -0.376 e. The fraction of sp³-hybridized carbons (Fsp3) is 0.500. The van der Waals surface area contributed by atoms with E-state index in [1.54, 1.807) is 12.1 Å². The molecule has 0 N–H and O–H groups in total. The molecule has 0 spiro atoms. The van der Waals surface area contributed by atoms with Gasteiger partial charge in [0.15, 0.2) is 0 Å². The van der Waals surface area contributed by atoms with Crippen LogP contribution in [-0.4, -0.2) is 6.61 Å². The summed E-state index contributed by atoms with van der Waals surface area (Å²) in [4.78, 5) is 0. The number of rotatable bonds is 6. The molecular weight excluding hydrogens is 217 g/mol. The Balaban J connectivity index is 2.45. The van der Waals surface area contributed by atoms with Gasteiger partial charge in [-0.3, -0.25) is 0 Å². The fourth-order valence-corrected chi connectivity index (χ4v) is 1.70. The molecule has 0 aromatic heterocycles. The molecule has 3 heteroatoms. The van der Waals surface area contributed by atoms with Crippen LogP contribution in [0.2, 0.25) is 0 Å². The molecule has 1 aromatic carbocycles. The quantitative estimate of drug-likeness (QED) is 0.754. The van der Waals surface area contributed by atoms with Gasteiger partial charge in [-0.05, 0) is 30.0 Å². The molecule has 0 aliphatic heterocycles. The van der Waals surface area contributed by atoms with Crippen LogP contribution in [0.5, 0.6) is 0 Å². The van der Waals surface area contributed by atoms with Crippen molar-refractivity contribution in [2.75, 3.05) is 6.61 Å². The minimum atomic E-state index is -0.476. The maximum Gasteiger partial charge on any atom is 0.140 e. The van der Waals surface area contributed by atoms with Crippen molar-refractivity contribution in [2.45, 2.75) is 33.3 Å². The first-order valence-corrected chi connectivity index (χ1v) is 5.93. The lowest BCUT2D eigenvalue weighted by atomic mass is 10.1. The molecule has 1 atom stereocenters. The molecule has 0 bridgehead atoms. The monoisotopic (exact) mass is 235 g/mol. The molecular formula is C14H18FNO. The minimum absolute atomic E-state index is 0.0766. The molecule has 1 rings (SSSR count). The van der Waals surface area contributed by atoms with Crippen LogP contribution in [0, 0.1) is 23.1 Å². The predicted octanol–water partition coefficient (Wildman–Crippen LogP) is 3.65. The van der Waals surface area contributed by atoms with Gasteiger partial charge in [-0.15, -0.1) is 0 Å². The first-order chi connectivity index (χ1) is 8.17. The van der Waals surface area contributed by atoms with Gasteiger partial charge >= 0.3 is 0 Å². The summed E-state index contributed by atoms with van der Waals surface area (Å²) in [6.07, 6.45) is 2.30. The Hall–Kier alpha value is -1.40. The maximum absolute atomic E-state index is 13.1. The van der Waals surface area contributed by atoms with Crippen LogP contribution >= 0.6 is 0 Å². The average Bonchev–Trinajstić information content (AvgIpc) is 2.31. The molecule has 0 aliphatic rings. The van der Waals surface area contributed by atoms with Crippen LogP contribution in [0.1, 0.15) is 37.8 Å². The molecule has 0 radical (unpaired) electrons. The summed E-state index contributed by atoms with van der Waals surface area (Å²) in [6, 6.07) is 6.33. The van der Waals surface area contributed by atoms with Crippen LogP contribution in [-0.2, 0) is 11.3 Å². The van der Waals surface area contributed by atoms with Gasteiger partial charge in [-0.25, -0.2) is 4.39 Å². The van der Waals surface area contributed by atoms with Gasteiger partial charge in [0.2, 0.25) is 0 Å². The molecule has 1 aromatic rings. The Bertz CT molecular complexity index is 398. The molecule has 0 fully saturated rings. The largest absolute Gasteiger partial charge is 0.376 e. The van der Waals surface area contributed by atoms with Crippen molar-refractivity contribution in [2.24, 2.45) is 5.92 Å². The second-order valence-corrected chi connectivity index (χ2v) is 4.33. The highest BCUT2D eigenvalue weighted by Gasteiger charge is 2.04. The van der Waals surface area contributed by atoms with Gasteiger partial charge < -0.3 is 4.74 Å². The SMILES string of the molecule is CCCC(C)COCc1ccc(F)c(C#N)c1. The van der Waals surface area contributed by atoms with E-state index in [0.717, 1.165) is 18.4 Å². The summed E-state index contributed by atoms with van der Waals surface area (Å²) in [5.74, 6) is 0.0616. The Morgan fingerprint density at radius 1 is 1.47 bits per heavy atom. The van der Waals surface area contributed by atoms with Crippen molar-refractivity contribution in [3.8, 4) is 6.07 Å². The van der Waals surface area contributed by atoms with E-state index in [0.29, 0.717) is 19.1 Å². The van der Waals surface area contributed by atoms with E-state index < -0.39 is 5.82 Å². The van der Waals surface area contributed by atoms with Crippen LogP contribution < -0.4 is 0 Å². The number of nitrogens with zero attached hydrogens (tertiary/aromatic N) is 1. The second kappa shape index (κ2) is 7.03. The number of hydrogen-bond donors (Lipinski definition) is 0. The highest BCUT2D eigenvalue weighted by Crippen LogP contribution is 2.12. The zero-order valence-electron chi connectivity index (χ0n) is 10.4. The van der Waals surface area contributed by atoms with E-state index in [9.17, 15) is 4.39 Å². The van der Waals surface area contributed by atoms with Gasteiger partial charge in [0.25, 0.3) is 0 Å². The lowest BCUT2D eigenvalue weighted by Crippen LogP contribution is -2.05. The zero-order valence-corrected chi connectivity index (χ0v) is 10.4. The first-order valence-electron chi connectivity index (χ1n) is 5.93.